The highest BCUT2D eigenvalue weighted by molar-refractivity contribution is 7.90. The molecule has 0 unspecified atom stereocenters. The second-order valence-electron chi connectivity index (χ2n) is 16.1. The zero-order valence-electron chi connectivity index (χ0n) is 32.9. The highest BCUT2D eigenvalue weighted by Crippen LogP contribution is 2.48. The van der Waals surface area contributed by atoms with E-state index in [1.807, 2.05) is 17.0 Å². The molecule has 1 atom stereocenters. The number of allylic oxidation sites excluding steroid dienone is 1. The molecule has 0 bridgehead atoms. The van der Waals surface area contributed by atoms with Gasteiger partial charge in [0, 0.05) is 36.7 Å². The summed E-state index contributed by atoms with van der Waals surface area (Å²) in [7, 11) is -0.448. The number of hydrogen-bond donors (Lipinski definition) is 1. The Morgan fingerprint density at radius 2 is 1.80 bits per heavy atom. The molecule has 298 valence electrons. The molecular formula is C43H53N5O7S. The molecule has 4 aromatic rings. The summed E-state index contributed by atoms with van der Waals surface area (Å²) < 4.78 is 49.0. The predicted octanol–water partition coefficient (Wildman–Crippen LogP) is 6.72. The Balaban J connectivity index is 1.30. The van der Waals surface area contributed by atoms with Gasteiger partial charge in [-0.2, -0.15) is 5.10 Å². The van der Waals surface area contributed by atoms with Gasteiger partial charge in [-0.15, -0.1) is 0 Å². The van der Waals surface area contributed by atoms with Crippen LogP contribution in [0.4, 0.5) is 0 Å². The zero-order valence-corrected chi connectivity index (χ0v) is 33.7. The quantitative estimate of drug-likeness (QED) is 0.177. The van der Waals surface area contributed by atoms with Gasteiger partial charge in [-0.1, -0.05) is 31.4 Å². The molecule has 2 saturated carbocycles. The van der Waals surface area contributed by atoms with Gasteiger partial charge >= 0.3 is 0 Å². The summed E-state index contributed by atoms with van der Waals surface area (Å²) in [5, 5.41) is 5.34. The van der Waals surface area contributed by atoms with Gasteiger partial charge in [0.05, 0.1) is 73.8 Å². The molecule has 13 heteroatoms. The fourth-order valence-electron chi connectivity index (χ4n) is 8.95. The average Bonchev–Trinajstić information content (AvgIpc) is 3.67. The third-order valence-electron chi connectivity index (χ3n) is 12.1. The van der Waals surface area contributed by atoms with Crippen LogP contribution in [-0.2, 0) is 37.3 Å². The molecule has 0 radical (unpaired) electrons. The first-order valence-electron chi connectivity index (χ1n) is 20.1. The number of nitrogens with zero attached hydrogens (tertiary/aromatic N) is 4. The van der Waals surface area contributed by atoms with E-state index in [0.29, 0.717) is 44.3 Å². The van der Waals surface area contributed by atoms with Crippen molar-refractivity contribution in [3.05, 3.63) is 70.5 Å². The molecule has 8 rings (SSSR count). The van der Waals surface area contributed by atoms with Crippen molar-refractivity contribution in [3.63, 3.8) is 0 Å². The molecule has 2 aromatic heterocycles. The predicted molar refractivity (Wildman–Crippen MR) is 216 cm³/mol. The Hall–Kier alpha value is -4.46. The van der Waals surface area contributed by atoms with E-state index in [2.05, 4.69) is 44.3 Å². The largest absolute Gasteiger partial charge is 0.497 e. The van der Waals surface area contributed by atoms with E-state index in [0.717, 1.165) is 95.2 Å². The number of amides is 2. The van der Waals surface area contributed by atoms with Crippen LogP contribution >= 0.6 is 0 Å². The van der Waals surface area contributed by atoms with Crippen LogP contribution in [0.2, 0.25) is 0 Å². The Kier molecular flexibility index (Phi) is 10.9. The lowest BCUT2D eigenvalue weighted by Crippen LogP contribution is -2.47. The number of fused-ring (bicyclic) bond motifs is 5. The number of morpholine rings is 1. The molecule has 3 fully saturated rings. The van der Waals surface area contributed by atoms with E-state index in [9.17, 15) is 18.0 Å². The van der Waals surface area contributed by atoms with E-state index >= 15 is 0 Å². The molecule has 4 heterocycles. The number of ether oxygens (including phenoxy) is 3. The van der Waals surface area contributed by atoms with E-state index in [1.165, 1.54) is 12.0 Å². The van der Waals surface area contributed by atoms with Gasteiger partial charge in [0.1, 0.15) is 5.75 Å². The maximum Gasteiger partial charge on any atom is 0.257 e. The van der Waals surface area contributed by atoms with Crippen LogP contribution in [0.3, 0.4) is 0 Å². The number of carbonyl (C=O) groups is 2. The smallest absolute Gasteiger partial charge is 0.257 e. The number of rotatable bonds is 11. The third-order valence-corrected chi connectivity index (χ3v) is 13.9. The molecule has 56 heavy (non-hydrogen) atoms. The van der Waals surface area contributed by atoms with Crippen molar-refractivity contribution in [1.29, 1.82) is 0 Å². The highest BCUT2D eigenvalue weighted by Gasteiger charge is 2.35. The summed E-state index contributed by atoms with van der Waals surface area (Å²) >= 11 is 0. The SMILES string of the molecule is COC[C@H]1CN(C(=O)c2cnn(C3CCC3)c2C2=Cc3cc(OC)ccc3-c3c(C4CCCCC4)c4ccc(CC(=O)NS(=O)(=O)C(C)C)cc4n3C2)CCO1. The van der Waals surface area contributed by atoms with Crippen LogP contribution < -0.4 is 9.46 Å². The van der Waals surface area contributed by atoms with Crippen LogP contribution in [0.15, 0.2) is 42.6 Å². The summed E-state index contributed by atoms with van der Waals surface area (Å²) in [4.78, 5) is 29.6. The molecule has 0 spiro atoms. The molecule has 2 aliphatic carbocycles. The average molecular weight is 784 g/mol. The summed E-state index contributed by atoms with van der Waals surface area (Å²) in [6, 6.07) is 12.6. The highest BCUT2D eigenvalue weighted by atomic mass is 32.2. The first kappa shape index (κ1) is 38.4. The van der Waals surface area contributed by atoms with Crippen LogP contribution in [0.1, 0.15) is 110 Å². The van der Waals surface area contributed by atoms with Crippen molar-refractivity contribution in [2.75, 3.05) is 40.5 Å². The first-order chi connectivity index (χ1) is 27.1. The normalized spacial score (nSPS) is 19.3. The minimum absolute atomic E-state index is 0.0730. The van der Waals surface area contributed by atoms with Gasteiger partial charge in [0.2, 0.25) is 15.9 Å². The summed E-state index contributed by atoms with van der Waals surface area (Å²) in [5.41, 5.74) is 8.59. The molecular weight excluding hydrogens is 731 g/mol. The lowest BCUT2D eigenvalue weighted by Gasteiger charge is -2.33. The van der Waals surface area contributed by atoms with Crippen LogP contribution in [0.5, 0.6) is 5.75 Å². The first-order valence-corrected chi connectivity index (χ1v) is 21.7. The molecule has 1 saturated heterocycles. The topological polar surface area (TPSA) is 134 Å². The molecule has 4 aliphatic rings. The van der Waals surface area contributed by atoms with Gasteiger partial charge < -0.3 is 23.7 Å². The van der Waals surface area contributed by atoms with Gasteiger partial charge in [-0.25, -0.2) is 8.42 Å². The van der Waals surface area contributed by atoms with Gasteiger partial charge in [-0.05, 0) is 104 Å². The van der Waals surface area contributed by atoms with Crippen molar-refractivity contribution in [2.24, 2.45) is 0 Å². The fraction of sp³-hybridized carbons (Fsp3) is 0.512. The number of nitrogens with one attached hydrogen (secondary N) is 1. The number of methoxy groups -OCH3 is 2. The van der Waals surface area contributed by atoms with Crippen LogP contribution in [-0.4, -0.2) is 91.4 Å². The number of benzene rings is 2. The number of hydrogen-bond acceptors (Lipinski definition) is 8. The maximum atomic E-state index is 14.6. The van der Waals surface area contributed by atoms with Gasteiger partial charge in [0.15, 0.2) is 0 Å². The molecule has 2 aliphatic heterocycles. The van der Waals surface area contributed by atoms with Crippen molar-refractivity contribution in [3.8, 4) is 17.0 Å². The maximum absolute atomic E-state index is 14.6. The summed E-state index contributed by atoms with van der Waals surface area (Å²) in [5.74, 6) is 0.461. The Morgan fingerprint density at radius 1 is 1.00 bits per heavy atom. The standard InChI is InChI=1S/C43H53N5O7S/c1-27(2)56(51,52)45-39(49)20-28-13-15-36-38(19-28)47-24-31(21-30-22-33(54-4)14-16-35(30)42(47)40(36)29-9-6-5-7-10-29)41-37(23-44-48(41)32-11-8-12-32)43(50)46-17-18-55-34(25-46)26-53-3/h13-16,19,21-23,27,29,32,34H,5-12,17-18,20,24-26H2,1-4H3,(H,45,49)/t34-/m1/s1. The Morgan fingerprint density at radius 3 is 2.52 bits per heavy atom. The minimum atomic E-state index is -3.77. The lowest BCUT2D eigenvalue weighted by atomic mass is 9.81. The van der Waals surface area contributed by atoms with Crippen molar-refractivity contribution in [2.45, 2.75) is 101 Å². The molecule has 12 nitrogen and oxygen atoms in total. The van der Waals surface area contributed by atoms with Crippen LogP contribution in [0.25, 0.3) is 33.8 Å². The number of aromatic nitrogens is 3. The number of sulfonamides is 1. The van der Waals surface area contributed by atoms with Gasteiger partial charge in [-0.3, -0.25) is 19.0 Å². The lowest BCUT2D eigenvalue weighted by molar-refractivity contribution is -0.118. The second kappa shape index (κ2) is 15.8. The van der Waals surface area contributed by atoms with Crippen molar-refractivity contribution < 1.29 is 32.2 Å². The molecule has 2 amide bonds. The minimum Gasteiger partial charge on any atom is -0.497 e. The molecule has 2 aromatic carbocycles. The second-order valence-corrected chi connectivity index (χ2v) is 18.3. The monoisotopic (exact) mass is 783 g/mol. The van der Waals surface area contributed by atoms with E-state index in [-0.39, 0.29) is 24.5 Å². The number of carbonyl (C=O) groups excluding carboxylic acids is 2. The summed E-state index contributed by atoms with van der Waals surface area (Å²) in [6.45, 7) is 5.33. The summed E-state index contributed by atoms with van der Waals surface area (Å²) in [6.07, 6.45) is 12.5. The van der Waals surface area contributed by atoms with E-state index in [1.54, 1.807) is 34.3 Å². The van der Waals surface area contributed by atoms with E-state index < -0.39 is 21.2 Å². The van der Waals surface area contributed by atoms with Gasteiger partial charge in [0.25, 0.3) is 5.91 Å². The molecule has 1 N–H and O–H groups in total. The van der Waals surface area contributed by atoms with Crippen molar-refractivity contribution >= 4 is 44.4 Å². The zero-order chi connectivity index (χ0) is 39.1. The van der Waals surface area contributed by atoms with Crippen molar-refractivity contribution in [1.82, 2.24) is 24.0 Å². The fourth-order valence-corrected chi connectivity index (χ4v) is 9.57. The Bertz CT molecular complexity index is 2280. The Labute approximate surface area is 329 Å². The van der Waals surface area contributed by atoms with Crippen LogP contribution in [0, 0.1) is 0 Å². The van der Waals surface area contributed by atoms with E-state index in [4.69, 9.17) is 19.3 Å². The third kappa shape index (κ3) is 7.29.